The zero-order valence-corrected chi connectivity index (χ0v) is 47.7. The van der Waals surface area contributed by atoms with Gasteiger partial charge in [0.05, 0.1) is 64.1 Å². The van der Waals surface area contributed by atoms with Crippen molar-refractivity contribution >= 4 is 98.7 Å². The molecule has 0 fully saturated rings. The molecule has 0 saturated heterocycles. The first-order valence-electron chi connectivity index (χ1n) is 27.3. The van der Waals surface area contributed by atoms with E-state index in [1.165, 1.54) is 0 Å². The van der Waals surface area contributed by atoms with Crippen molar-refractivity contribution in [3.8, 4) is 0 Å². The summed E-state index contributed by atoms with van der Waals surface area (Å²) in [7, 11) is 0. The van der Waals surface area contributed by atoms with Crippen LogP contribution in [-0.4, -0.2) is 221 Å². The molecule has 22 N–H and O–H groups in total. The Bertz CT molecular complexity index is 3140. The number of nitrogens with one attached hydrogen (secondary N) is 14. The molecule has 2 heterocycles. The first-order chi connectivity index (χ1) is 41.8. The molecule has 88 heavy (non-hydrogen) atoms. The van der Waals surface area contributed by atoms with Crippen molar-refractivity contribution in [1.82, 2.24) is 73.8 Å². The van der Waals surface area contributed by atoms with E-state index in [-0.39, 0.29) is 38.2 Å². The fourth-order valence-electron chi connectivity index (χ4n) is 8.19. The normalized spacial score (nSPS) is 14.0. The predicted molar refractivity (Wildman–Crippen MR) is 308 cm³/mol. The van der Waals surface area contributed by atoms with Crippen molar-refractivity contribution in [2.75, 3.05) is 59.0 Å². The van der Waals surface area contributed by atoms with Gasteiger partial charge in [-0.2, -0.15) is 0 Å². The highest BCUT2D eigenvalue weighted by molar-refractivity contribution is 5.98. The maximum atomic E-state index is 13.5. The molecule has 8 atom stereocenters. The minimum Gasteiger partial charge on any atom is -0.480 e. The largest absolute Gasteiger partial charge is 0.480 e. The Morgan fingerprint density at radius 2 is 0.977 bits per heavy atom. The molecule has 0 aliphatic carbocycles. The molecule has 0 aliphatic rings. The Hall–Kier alpha value is -9.87. The molecule has 0 aliphatic heterocycles. The van der Waals surface area contributed by atoms with Gasteiger partial charge in [-0.05, 0) is 56.4 Å². The van der Waals surface area contributed by atoms with Crippen molar-refractivity contribution in [2.45, 2.75) is 94.4 Å². The summed E-state index contributed by atoms with van der Waals surface area (Å²) in [6.07, 6.45) is -2.98. The maximum absolute atomic E-state index is 13.5. The molecule has 33 nitrogen and oxygen atoms in total. The van der Waals surface area contributed by atoms with E-state index >= 15 is 0 Å². The number of guanidine groups is 1. The van der Waals surface area contributed by atoms with Gasteiger partial charge in [0, 0.05) is 47.2 Å². The maximum Gasteiger partial charge on any atom is 0.326 e. The number of H-pyrrole nitrogens is 2. The average molecular weight is 1240 g/mol. The number of aliphatic hydroxyl groups is 3. The topological polar surface area (TPSA) is 526 Å². The van der Waals surface area contributed by atoms with Gasteiger partial charge in [-0.3, -0.25) is 52.7 Å². The molecule has 4 rings (SSSR count). The van der Waals surface area contributed by atoms with Crippen LogP contribution in [0.5, 0.6) is 0 Å². The quantitative estimate of drug-likeness (QED) is 0.0114. The Morgan fingerprint density at radius 1 is 0.534 bits per heavy atom. The van der Waals surface area contributed by atoms with E-state index in [0.717, 1.165) is 41.2 Å². The average Bonchev–Trinajstić information content (AvgIpc) is 2.18. The number of halogens is 2. The van der Waals surface area contributed by atoms with Crippen molar-refractivity contribution in [1.29, 1.82) is 0 Å². The number of hydrogen-bond acceptors (Lipinski definition) is 17. The second kappa shape index (κ2) is 35.6. The van der Waals surface area contributed by atoms with Gasteiger partial charge >= 0.3 is 5.97 Å². The molecule has 2 aromatic heterocycles. The number of aliphatic imine (C=N–C) groups is 1. The number of rotatable bonds is 36. The van der Waals surface area contributed by atoms with E-state index in [2.05, 4.69) is 78.8 Å². The van der Waals surface area contributed by atoms with E-state index < -0.39 is 178 Å². The van der Waals surface area contributed by atoms with Crippen LogP contribution in [0.2, 0.25) is 0 Å². The molecule has 4 aromatic rings. The van der Waals surface area contributed by atoms with Crippen molar-refractivity contribution in [3.63, 3.8) is 0 Å². The number of aliphatic hydroxyl groups excluding tert-OH is 3. The Morgan fingerprint density at radius 3 is 1.47 bits per heavy atom. The van der Waals surface area contributed by atoms with Crippen LogP contribution in [0.25, 0.3) is 21.8 Å². The molecular weight excluding hydrogens is 1170 g/mol. The molecular formula is C53H73F2N17O16. The van der Waals surface area contributed by atoms with Crippen LogP contribution in [0.15, 0.2) is 65.9 Å². The number of aromatic amines is 2. The standard InChI is InChI=1S/C53H73F2N17O16/c1-26(74)45(50(85)66-21-41(78)61-22-42(79)68-36(52(87)88)15-29-17-60-34-11-6-4-9-31(29)34)71-43(80)23-63-40(77)20-65-48(83)35(12-7-13-58-53(57)67-18-38(54)55)69-49(84)37(25-73)70-51(86)46(27(2)75)72-44(81)24-62-39(76)19-64-47(82)32(56)14-28-16-59-33-10-5-3-8-30(28)33/h3-6,8-11,16-17,26-27,32,35-38,45-46,59-60,73-75H,7,12-15,18-25,56H2,1-2H3,(H,61,78)(H,62,76)(H,63,77)(H,64,82)(H,65,83)(H,66,85)(H,68,79)(H,69,84)(H,70,86)(H,71,80)(H,72,81)(H,87,88)(H3,57,58,67)/t26-,27-,32+,35+,36+,37+,45+,46+/m1/s1. The highest BCUT2D eigenvalue weighted by Gasteiger charge is 2.33. The summed E-state index contributed by atoms with van der Waals surface area (Å²) in [6.45, 7) is -4.43. The van der Waals surface area contributed by atoms with Gasteiger partial charge in [-0.15, -0.1) is 0 Å². The molecule has 0 unspecified atom stereocenters. The second-order valence-electron chi connectivity index (χ2n) is 19.7. The number of alkyl halides is 2. The smallest absolute Gasteiger partial charge is 0.326 e. The summed E-state index contributed by atoms with van der Waals surface area (Å²) >= 11 is 0. The third kappa shape index (κ3) is 23.9. The zero-order chi connectivity index (χ0) is 65.0. The summed E-state index contributed by atoms with van der Waals surface area (Å²) in [6, 6.07) is 5.13. The summed E-state index contributed by atoms with van der Waals surface area (Å²) < 4.78 is 25.2. The first kappa shape index (κ1) is 70.6. The number of aromatic nitrogens is 2. The van der Waals surface area contributed by atoms with Crippen LogP contribution in [0.3, 0.4) is 0 Å². The number of amides is 11. The van der Waals surface area contributed by atoms with Gasteiger partial charge in [-0.25, -0.2) is 18.6 Å². The highest BCUT2D eigenvalue weighted by atomic mass is 19.3. The van der Waals surface area contributed by atoms with Crippen LogP contribution in [-0.2, 0) is 70.4 Å². The Balaban J connectivity index is 1.24. The van der Waals surface area contributed by atoms with E-state index in [4.69, 9.17) is 11.5 Å². The van der Waals surface area contributed by atoms with Crippen LogP contribution in [0.4, 0.5) is 8.78 Å². The first-order valence-corrected chi connectivity index (χ1v) is 27.3. The van der Waals surface area contributed by atoms with E-state index in [0.29, 0.717) is 5.56 Å². The third-order valence-electron chi connectivity index (χ3n) is 12.8. The van der Waals surface area contributed by atoms with Crippen molar-refractivity contribution in [2.24, 2.45) is 16.5 Å². The number of carboxylic acids is 1. The van der Waals surface area contributed by atoms with Gasteiger partial charge in [-0.1, -0.05) is 36.4 Å². The molecule has 2 aromatic carbocycles. The SMILES string of the molecule is C[C@@H](O)[C@H](NC(=O)CNC(=O)CNC(=O)[C@H](CCCNC(N)=NCC(F)F)NC(=O)[C@H](CO)NC(=O)[C@@H](NC(=O)CNC(=O)CNC(=O)[C@@H](N)Cc1c[nH]c2ccccc12)[C@@H](C)O)C(=O)NCC(=O)NCC(=O)N[C@@H](Cc1c[nH]c2ccccc12)C(=O)O. The number of nitrogens with two attached hydrogens (primary N) is 2. The molecule has 0 radical (unpaired) electrons. The lowest BCUT2D eigenvalue weighted by molar-refractivity contribution is -0.141. The number of carbonyl (C=O) groups is 12. The number of carboxylic acid groups (broad SMARTS) is 1. The lowest BCUT2D eigenvalue weighted by Gasteiger charge is -2.25. The van der Waals surface area contributed by atoms with E-state index in [1.807, 2.05) is 24.3 Å². The van der Waals surface area contributed by atoms with Gasteiger partial charge in [0.2, 0.25) is 65.0 Å². The molecule has 480 valence electrons. The zero-order valence-electron chi connectivity index (χ0n) is 47.7. The predicted octanol–water partition coefficient (Wildman–Crippen LogP) is -7.33. The Kier molecular flexibility index (Phi) is 28.5. The second-order valence-corrected chi connectivity index (χ2v) is 19.7. The number of para-hydroxylation sites is 2. The number of benzene rings is 2. The van der Waals surface area contributed by atoms with Gasteiger partial charge in [0.1, 0.15) is 36.8 Å². The minimum absolute atomic E-state index is 0.0490. The van der Waals surface area contributed by atoms with Crippen LogP contribution in [0.1, 0.15) is 37.8 Å². The van der Waals surface area contributed by atoms with Gasteiger partial charge in [0.15, 0.2) is 5.96 Å². The summed E-state index contributed by atoms with van der Waals surface area (Å²) in [5.74, 6) is -12.6. The van der Waals surface area contributed by atoms with Gasteiger partial charge < -0.3 is 106 Å². The molecule has 0 bridgehead atoms. The van der Waals surface area contributed by atoms with Crippen LogP contribution >= 0.6 is 0 Å². The van der Waals surface area contributed by atoms with Crippen molar-refractivity contribution < 1.29 is 86.7 Å². The molecule has 0 saturated carbocycles. The summed E-state index contributed by atoms with van der Waals surface area (Å²) in [4.78, 5) is 163. The van der Waals surface area contributed by atoms with Gasteiger partial charge in [0.25, 0.3) is 6.43 Å². The third-order valence-corrected chi connectivity index (χ3v) is 12.8. The highest BCUT2D eigenvalue weighted by Crippen LogP contribution is 2.20. The molecule has 35 heteroatoms. The lowest BCUT2D eigenvalue weighted by Crippen LogP contribution is -2.60. The number of carbonyl (C=O) groups excluding carboxylic acids is 11. The van der Waals surface area contributed by atoms with E-state index in [9.17, 15) is 86.7 Å². The monoisotopic (exact) mass is 1240 g/mol. The fraction of sp³-hybridized carbons (Fsp3) is 0.453. The molecule has 0 spiro atoms. The number of fused-ring (bicyclic) bond motifs is 2. The molecule has 11 amide bonds. The summed E-state index contributed by atoms with van der Waals surface area (Å²) in [5, 5.41) is 69.0. The summed E-state index contributed by atoms with van der Waals surface area (Å²) in [5.41, 5.74) is 14.6. The van der Waals surface area contributed by atoms with Crippen molar-refractivity contribution in [3.05, 3.63) is 72.1 Å². The van der Waals surface area contributed by atoms with Crippen LogP contribution < -0.4 is 75.3 Å². The van der Waals surface area contributed by atoms with Crippen LogP contribution in [0, 0.1) is 0 Å². The van der Waals surface area contributed by atoms with E-state index in [1.54, 1.807) is 36.7 Å². The number of aliphatic carboxylic acids is 1. The minimum atomic E-state index is -2.81. The lowest BCUT2D eigenvalue weighted by atomic mass is 10.1. The number of hydrogen-bond donors (Lipinski definition) is 20. The Labute approximate surface area is 499 Å². The fourth-order valence-corrected chi connectivity index (χ4v) is 8.19. The number of nitrogens with zero attached hydrogens (tertiary/aromatic N) is 1.